The van der Waals surface area contributed by atoms with E-state index in [1.807, 2.05) is 0 Å². The third kappa shape index (κ3) is 3.98. The number of benzene rings is 1. The summed E-state index contributed by atoms with van der Waals surface area (Å²) in [6.07, 6.45) is 4.00. The molecule has 18 heavy (non-hydrogen) atoms. The lowest BCUT2D eigenvalue weighted by molar-refractivity contribution is -0.121. The Morgan fingerprint density at radius 1 is 1.33 bits per heavy atom. The monoisotopic (exact) mass is 269 g/mol. The molecule has 1 aliphatic carbocycles. The van der Waals surface area contributed by atoms with E-state index in [4.69, 9.17) is 11.6 Å². The first-order valence-corrected chi connectivity index (χ1v) is 6.75. The molecule has 2 nitrogen and oxygen atoms in total. The zero-order valence-corrected chi connectivity index (χ0v) is 10.9. The lowest BCUT2D eigenvalue weighted by atomic mass is 9.95. The van der Waals surface area contributed by atoms with Crippen molar-refractivity contribution in [3.63, 3.8) is 0 Å². The van der Waals surface area contributed by atoms with Crippen molar-refractivity contribution >= 4 is 17.5 Å². The van der Waals surface area contributed by atoms with Crippen LogP contribution in [0.4, 0.5) is 4.39 Å². The Balaban J connectivity index is 1.82. The maximum absolute atomic E-state index is 13.0. The molecule has 1 saturated carbocycles. The highest BCUT2D eigenvalue weighted by Gasteiger charge is 2.20. The van der Waals surface area contributed by atoms with Crippen molar-refractivity contribution < 1.29 is 9.18 Å². The zero-order valence-electron chi connectivity index (χ0n) is 10.2. The molecule has 0 bridgehead atoms. The molecule has 0 heterocycles. The molecule has 0 aromatic heterocycles. The number of halogens is 2. The minimum absolute atomic E-state index is 0.0429. The van der Waals surface area contributed by atoms with Gasteiger partial charge in [-0.15, -0.1) is 11.6 Å². The predicted molar refractivity (Wildman–Crippen MR) is 70.1 cm³/mol. The fraction of sp³-hybridized carbons (Fsp3) is 0.500. The minimum Gasteiger partial charge on any atom is -0.353 e. The molecule has 2 rings (SSSR count). The van der Waals surface area contributed by atoms with Crippen LogP contribution in [0.2, 0.25) is 0 Å². The van der Waals surface area contributed by atoms with Gasteiger partial charge >= 0.3 is 0 Å². The van der Waals surface area contributed by atoms with Gasteiger partial charge in [-0.05, 0) is 43.4 Å². The minimum atomic E-state index is -0.303. The fourth-order valence-corrected chi connectivity index (χ4v) is 2.56. The van der Waals surface area contributed by atoms with E-state index in [2.05, 4.69) is 5.32 Å². The van der Waals surface area contributed by atoms with E-state index in [0.29, 0.717) is 5.56 Å². The molecule has 0 atom stereocenters. The number of hydrogen-bond acceptors (Lipinski definition) is 1. The fourth-order valence-electron chi connectivity index (χ4n) is 2.31. The van der Waals surface area contributed by atoms with Crippen molar-refractivity contribution in [2.75, 3.05) is 0 Å². The van der Waals surface area contributed by atoms with E-state index in [1.54, 1.807) is 12.1 Å². The van der Waals surface area contributed by atoms with Crippen LogP contribution in [-0.4, -0.2) is 17.3 Å². The Kier molecular flexibility index (Phi) is 4.59. The summed E-state index contributed by atoms with van der Waals surface area (Å²) < 4.78 is 13.0. The molecule has 98 valence electrons. The SMILES string of the molecule is O=C(Cc1cccc(F)c1)NC1CCC(Cl)CC1. The summed E-state index contributed by atoms with van der Waals surface area (Å²) in [5, 5.41) is 3.24. The Hall–Kier alpha value is -1.09. The van der Waals surface area contributed by atoms with E-state index in [-0.39, 0.29) is 29.6 Å². The average Bonchev–Trinajstić information content (AvgIpc) is 2.32. The molecule has 4 heteroatoms. The number of hydrogen-bond donors (Lipinski definition) is 1. The topological polar surface area (TPSA) is 29.1 Å². The smallest absolute Gasteiger partial charge is 0.224 e. The van der Waals surface area contributed by atoms with E-state index < -0.39 is 0 Å². The van der Waals surface area contributed by atoms with Crippen LogP contribution >= 0.6 is 11.6 Å². The van der Waals surface area contributed by atoms with Gasteiger partial charge in [-0.2, -0.15) is 0 Å². The van der Waals surface area contributed by atoms with Crippen molar-refractivity contribution in [2.24, 2.45) is 0 Å². The molecule has 0 radical (unpaired) electrons. The van der Waals surface area contributed by atoms with Crippen molar-refractivity contribution in [2.45, 2.75) is 43.5 Å². The molecule has 1 aliphatic rings. The predicted octanol–water partition coefficient (Wildman–Crippen LogP) is 3.03. The first-order valence-electron chi connectivity index (χ1n) is 6.31. The molecular formula is C14H17ClFNO. The highest BCUT2D eigenvalue weighted by Crippen LogP contribution is 2.22. The molecular weight excluding hydrogens is 253 g/mol. The molecule has 0 aliphatic heterocycles. The van der Waals surface area contributed by atoms with Gasteiger partial charge in [0.1, 0.15) is 5.82 Å². The number of amides is 1. The molecule has 1 aromatic carbocycles. The van der Waals surface area contributed by atoms with E-state index in [1.165, 1.54) is 12.1 Å². The first kappa shape index (κ1) is 13.3. The van der Waals surface area contributed by atoms with E-state index in [0.717, 1.165) is 25.7 Å². The third-order valence-electron chi connectivity index (χ3n) is 3.28. The molecule has 0 spiro atoms. The summed E-state index contributed by atoms with van der Waals surface area (Å²) >= 11 is 6.01. The third-order valence-corrected chi connectivity index (χ3v) is 3.71. The summed E-state index contributed by atoms with van der Waals surface area (Å²) in [6, 6.07) is 6.38. The quantitative estimate of drug-likeness (QED) is 0.840. The number of carbonyl (C=O) groups is 1. The molecule has 1 amide bonds. The zero-order chi connectivity index (χ0) is 13.0. The number of rotatable bonds is 3. The van der Waals surface area contributed by atoms with Gasteiger partial charge in [-0.1, -0.05) is 12.1 Å². The van der Waals surface area contributed by atoms with Gasteiger partial charge in [0.25, 0.3) is 0 Å². The molecule has 1 aromatic rings. The second-order valence-corrected chi connectivity index (χ2v) is 5.44. The van der Waals surface area contributed by atoms with Crippen LogP contribution in [0.5, 0.6) is 0 Å². The largest absolute Gasteiger partial charge is 0.353 e. The summed E-state index contributed by atoms with van der Waals surface area (Å²) in [7, 11) is 0. The Bertz CT molecular complexity index is 416. The van der Waals surface area contributed by atoms with Crippen molar-refractivity contribution in [3.05, 3.63) is 35.6 Å². The van der Waals surface area contributed by atoms with Gasteiger partial charge in [-0.25, -0.2) is 4.39 Å². The number of alkyl halides is 1. The molecule has 0 saturated heterocycles. The van der Waals surface area contributed by atoms with Gasteiger partial charge < -0.3 is 5.32 Å². The van der Waals surface area contributed by atoms with Gasteiger partial charge in [0.05, 0.1) is 6.42 Å². The summed E-state index contributed by atoms with van der Waals surface area (Å²) in [5.74, 6) is -0.346. The second kappa shape index (κ2) is 6.19. The van der Waals surface area contributed by atoms with Gasteiger partial charge in [0.15, 0.2) is 0 Å². The summed E-state index contributed by atoms with van der Waals surface area (Å²) in [4.78, 5) is 11.8. The lowest BCUT2D eigenvalue weighted by Gasteiger charge is -2.25. The Morgan fingerprint density at radius 2 is 2.06 bits per heavy atom. The van der Waals surface area contributed by atoms with Crippen molar-refractivity contribution in [3.8, 4) is 0 Å². The van der Waals surface area contributed by atoms with Crippen LogP contribution in [0.1, 0.15) is 31.2 Å². The van der Waals surface area contributed by atoms with Crippen LogP contribution in [-0.2, 0) is 11.2 Å². The van der Waals surface area contributed by atoms with Crippen LogP contribution in [0.25, 0.3) is 0 Å². The Morgan fingerprint density at radius 3 is 2.72 bits per heavy atom. The number of carbonyl (C=O) groups excluding carboxylic acids is 1. The van der Waals surface area contributed by atoms with Gasteiger partial charge in [-0.3, -0.25) is 4.79 Å². The van der Waals surface area contributed by atoms with Crippen molar-refractivity contribution in [1.29, 1.82) is 0 Å². The van der Waals surface area contributed by atoms with Crippen LogP contribution < -0.4 is 5.32 Å². The van der Waals surface area contributed by atoms with Crippen LogP contribution in [0.15, 0.2) is 24.3 Å². The molecule has 1 fully saturated rings. The van der Waals surface area contributed by atoms with E-state index in [9.17, 15) is 9.18 Å². The lowest BCUT2D eigenvalue weighted by Crippen LogP contribution is -2.38. The van der Waals surface area contributed by atoms with Gasteiger partial charge in [0.2, 0.25) is 5.91 Å². The highest BCUT2D eigenvalue weighted by molar-refractivity contribution is 6.20. The van der Waals surface area contributed by atoms with Crippen LogP contribution in [0, 0.1) is 5.82 Å². The molecule has 1 N–H and O–H groups in total. The Labute approximate surface area is 112 Å². The number of nitrogens with one attached hydrogen (secondary N) is 1. The van der Waals surface area contributed by atoms with Gasteiger partial charge in [0, 0.05) is 11.4 Å². The normalized spacial score (nSPS) is 23.7. The maximum atomic E-state index is 13.0. The summed E-state index contributed by atoms with van der Waals surface area (Å²) in [5.41, 5.74) is 0.707. The first-order chi connectivity index (χ1) is 8.63. The van der Waals surface area contributed by atoms with Crippen LogP contribution in [0.3, 0.4) is 0 Å². The van der Waals surface area contributed by atoms with Crippen molar-refractivity contribution in [1.82, 2.24) is 5.32 Å². The summed E-state index contributed by atoms with van der Waals surface area (Å²) in [6.45, 7) is 0. The standard InChI is InChI=1S/C14H17ClFNO/c15-11-4-6-13(7-5-11)17-14(18)9-10-2-1-3-12(16)8-10/h1-3,8,11,13H,4-7,9H2,(H,17,18). The maximum Gasteiger partial charge on any atom is 0.224 e. The second-order valence-electron chi connectivity index (χ2n) is 4.82. The average molecular weight is 270 g/mol. The molecule has 0 unspecified atom stereocenters. The van der Waals surface area contributed by atoms with E-state index >= 15 is 0 Å². The highest BCUT2D eigenvalue weighted by atomic mass is 35.5.